The number of aryl methyl sites for hydroxylation is 1. The van der Waals surface area contributed by atoms with Crippen LogP contribution in [0, 0.1) is 6.92 Å². The minimum atomic E-state index is -4.30. The van der Waals surface area contributed by atoms with Gasteiger partial charge in [-0.15, -0.1) is 0 Å². The molecular weight excluding hydrogens is 185 g/mol. The van der Waals surface area contributed by atoms with Crippen LogP contribution >= 0.6 is 0 Å². The van der Waals surface area contributed by atoms with E-state index in [-0.39, 0.29) is 11.3 Å². The number of hydrogen-bond acceptors (Lipinski definition) is 2. The van der Waals surface area contributed by atoms with Crippen molar-refractivity contribution in [1.29, 1.82) is 0 Å². The smallest absolute Gasteiger partial charge is 0.268 e. The Hall–Kier alpha value is -1.33. The normalized spacial score (nSPS) is 11.7. The van der Waals surface area contributed by atoms with Crippen molar-refractivity contribution in [3.05, 3.63) is 27.7 Å². The first kappa shape index (κ1) is 9.76. The fraction of sp³-hybridized carbons (Fsp3) is 0.429. The zero-order valence-electron chi connectivity index (χ0n) is 6.77. The summed E-state index contributed by atoms with van der Waals surface area (Å²) in [6, 6.07) is 1.09. The first-order valence-electron chi connectivity index (χ1n) is 3.50. The molecule has 0 amide bonds. The third-order valence-electron chi connectivity index (χ3n) is 1.47. The fourth-order valence-corrected chi connectivity index (χ4v) is 0.892. The molecule has 0 saturated carbocycles. The lowest BCUT2D eigenvalue weighted by atomic mass is 10.2. The van der Waals surface area contributed by atoms with E-state index in [0.717, 1.165) is 6.07 Å². The second-order valence-electron chi connectivity index (χ2n) is 2.65. The lowest BCUT2D eigenvalue weighted by molar-refractivity contribution is -0.128. The van der Waals surface area contributed by atoms with Crippen molar-refractivity contribution in [3.63, 3.8) is 0 Å². The molecule has 0 unspecified atom stereocenters. The van der Waals surface area contributed by atoms with Gasteiger partial charge in [-0.05, 0) is 12.5 Å². The van der Waals surface area contributed by atoms with E-state index in [1.807, 2.05) is 5.10 Å². The number of aromatic amines is 1. The van der Waals surface area contributed by atoms with Crippen LogP contribution in [0.4, 0.5) is 13.2 Å². The highest BCUT2D eigenvalue weighted by atomic mass is 19.4. The molecule has 0 spiro atoms. The van der Waals surface area contributed by atoms with Crippen molar-refractivity contribution in [2.24, 2.45) is 0 Å². The molecule has 1 rings (SSSR count). The Morgan fingerprint density at radius 1 is 1.54 bits per heavy atom. The molecule has 6 heteroatoms. The van der Waals surface area contributed by atoms with E-state index in [1.165, 1.54) is 6.92 Å². The molecule has 0 saturated heterocycles. The van der Waals surface area contributed by atoms with E-state index in [1.54, 1.807) is 0 Å². The molecule has 0 aromatic carbocycles. The number of H-pyrrole nitrogens is 1. The summed E-state index contributed by atoms with van der Waals surface area (Å²) in [5.41, 5.74) is -0.392. The summed E-state index contributed by atoms with van der Waals surface area (Å²) in [5.74, 6) is 0. The summed E-state index contributed by atoms with van der Waals surface area (Å²) >= 11 is 0. The Balaban J connectivity index is 2.97. The molecule has 0 aliphatic carbocycles. The highest BCUT2D eigenvalue weighted by Gasteiger charge is 2.29. The first-order valence-corrected chi connectivity index (χ1v) is 3.50. The Morgan fingerprint density at radius 3 is 2.62 bits per heavy atom. The Morgan fingerprint density at radius 2 is 2.15 bits per heavy atom. The zero-order chi connectivity index (χ0) is 10.1. The minimum Gasteiger partial charge on any atom is -0.268 e. The molecule has 0 aliphatic heterocycles. The third kappa shape index (κ3) is 2.89. The fourth-order valence-electron chi connectivity index (χ4n) is 0.892. The first-order chi connectivity index (χ1) is 5.88. The lowest BCUT2D eigenvalue weighted by Gasteiger charge is -2.06. The minimum absolute atomic E-state index is 0.146. The Kier molecular flexibility index (Phi) is 2.40. The highest BCUT2D eigenvalue weighted by molar-refractivity contribution is 5.15. The standard InChI is InChI=1S/C7H7F3N2O/c1-4-2-6(13)12-11-5(4)3-7(8,9)10/h2H,3H2,1H3,(H,12,13). The van der Waals surface area contributed by atoms with Gasteiger partial charge in [0.15, 0.2) is 0 Å². The van der Waals surface area contributed by atoms with Gasteiger partial charge in [0.05, 0.1) is 12.1 Å². The van der Waals surface area contributed by atoms with Crippen LogP contribution in [-0.4, -0.2) is 16.4 Å². The van der Waals surface area contributed by atoms with Crippen LogP contribution in [0.25, 0.3) is 0 Å². The number of hydrogen-bond donors (Lipinski definition) is 1. The Labute approximate surface area is 71.6 Å². The number of alkyl halides is 3. The van der Waals surface area contributed by atoms with Crippen molar-refractivity contribution in [3.8, 4) is 0 Å². The van der Waals surface area contributed by atoms with Crippen LogP contribution in [0.3, 0.4) is 0 Å². The highest BCUT2D eigenvalue weighted by Crippen LogP contribution is 2.20. The van der Waals surface area contributed by atoms with Crippen LogP contribution in [0.1, 0.15) is 11.3 Å². The average Bonchev–Trinajstić information content (AvgIpc) is 1.93. The summed E-state index contributed by atoms with van der Waals surface area (Å²) in [7, 11) is 0. The summed E-state index contributed by atoms with van der Waals surface area (Å²) < 4.78 is 35.7. The second kappa shape index (κ2) is 3.20. The number of aromatic nitrogens is 2. The number of halogens is 3. The third-order valence-corrected chi connectivity index (χ3v) is 1.47. The van der Waals surface area contributed by atoms with Gasteiger partial charge in [-0.1, -0.05) is 0 Å². The largest absolute Gasteiger partial charge is 0.394 e. The van der Waals surface area contributed by atoms with E-state index in [4.69, 9.17) is 0 Å². The zero-order valence-corrected chi connectivity index (χ0v) is 6.77. The molecule has 0 fully saturated rings. The molecule has 3 nitrogen and oxygen atoms in total. The molecule has 1 N–H and O–H groups in total. The monoisotopic (exact) mass is 192 g/mol. The van der Waals surface area contributed by atoms with Crippen LogP contribution in [-0.2, 0) is 6.42 Å². The van der Waals surface area contributed by atoms with Crippen molar-refractivity contribution >= 4 is 0 Å². The van der Waals surface area contributed by atoms with Crippen LogP contribution in [0.5, 0.6) is 0 Å². The van der Waals surface area contributed by atoms with Gasteiger partial charge < -0.3 is 0 Å². The number of rotatable bonds is 1. The van der Waals surface area contributed by atoms with Crippen molar-refractivity contribution in [2.45, 2.75) is 19.5 Å². The van der Waals surface area contributed by atoms with E-state index < -0.39 is 18.2 Å². The molecule has 72 valence electrons. The molecule has 1 aromatic heterocycles. The van der Waals surface area contributed by atoms with Gasteiger partial charge in [0, 0.05) is 6.07 Å². The molecule has 1 heterocycles. The van der Waals surface area contributed by atoms with Gasteiger partial charge >= 0.3 is 6.18 Å². The summed E-state index contributed by atoms with van der Waals surface area (Å²) in [5, 5.41) is 5.26. The van der Waals surface area contributed by atoms with E-state index >= 15 is 0 Å². The summed E-state index contributed by atoms with van der Waals surface area (Å²) in [4.78, 5) is 10.6. The van der Waals surface area contributed by atoms with Gasteiger partial charge in [-0.3, -0.25) is 4.79 Å². The molecule has 13 heavy (non-hydrogen) atoms. The topological polar surface area (TPSA) is 45.8 Å². The van der Waals surface area contributed by atoms with Gasteiger partial charge in [0.25, 0.3) is 5.56 Å². The maximum atomic E-state index is 11.9. The average molecular weight is 192 g/mol. The van der Waals surface area contributed by atoms with Crippen LogP contribution in [0.2, 0.25) is 0 Å². The quantitative estimate of drug-likeness (QED) is 0.726. The van der Waals surface area contributed by atoms with Gasteiger partial charge in [-0.2, -0.15) is 18.3 Å². The van der Waals surface area contributed by atoms with Crippen molar-refractivity contribution in [1.82, 2.24) is 10.2 Å². The SMILES string of the molecule is Cc1cc(=O)[nH]nc1CC(F)(F)F. The molecular formula is C7H7F3N2O. The second-order valence-corrected chi connectivity index (χ2v) is 2.65. The van der Waals surface area contributed by atoms with E-state index in [2.05, 4.69) is 5.10 Å². The predicted octanol–water partition coefficient (Wildman–Crippen LogP) is 1.18. The number of nitrogens with one attached hydrogen (secondary N) is 1. The summed E-state index contributed by atoms with van der Waals surface area (Å²) in [6.45, 7) is 1.42. The van der Waals surface area contributed by atoms with Gasteiger partial charge in [0.1, 0.15) is 0 Å². The molecule has 1 aromatic rings. The van der Waals surface area contributed by atoms with Crippen molar-refractivity contribution in [2.75, 3.05) is 0 Å². The van der Waals surface area contributed by atoms with Gasteiger partial charge in [0.2, 0.25) is 0 Å². The summed E-state index contributed by atoms with van der Waals surface area (Å²) in [6.07, 6.45) is -5.41. The van der Waals surface area contributed by atoms with E-state index in [0.29, 0.717) is 0 Å². The van der Waals surface area contributed by atoms with Gasteiger partial charge in [-0.25, -0.2) is 5.10 Å². The maximum Gasteiger partial charge on any atom is 0.394 e. The van der Waals surface area contributed by atoms with E-state index in [9.17, 15) is 18.0 Å². The molecule has 0 atom stereocenters. The van der Waals surface area contributed by atoms with Crippen molar-refractivity contribution < 1.29 is 13.2 Å². The molecule has 0 radical (unpaired) electrons. The maximum absolute atomic E-state index is 11.9. The molecule has 0 bridgehead atoms. The lowest BCUT2D eigenvalue weighted by Crippen LogP contribution is -2.17. The Bertz CT molecular complexity index is 355. The van der Waals surface area contributed by atoms with Crippen LogP contribution < -0.4 is 5.56 Å². The van der Waals surface area contributed by atoms with Crippen LogP contribution in [0.15, 0.2) is 10.9 Å². The molecule has 0 aliphatic rings. The number of nitrogens with zero attached hydrogens (tertiary/aromatic N) is 1. The predicted molar refractivity (Wildman–Crippen MR) is 39.4 cm³/mol.